The van der Waals surface area contributed by atoms with E-state index < -0.39 is 23.8 Å². The summed E-state index contributed by atoms with van der Waals surface area (Å²) in [6, 6.07) is 5.97. The van der Waals surface area contributed by atoms with Crippen molar-refractivity contribution in [3.05, 3.63) is 29.8 Å². The quantitative estimate of drug-likeness (QED) is 0.671. The summed E-state index contributed by atoms with van der Waals surface area (Å²) in [6.45, 7) is 3.14. The maximum absolute atomic E-state index is 11.9. The molecule has 1 aliphatic heterocycles. The average molecular weight is 348 g/mol. The van der Waals surface area contributed by atoms with Crippen molar-refractivity contribution in [2.75, 3.05) is 11.1 Å². The minimum absolute atomic E-state index is 0.0227. The number of carbonyl (C=O) groups is 4. The molecule has 9 heteroatoms. The second-order valence-corrected chi connectivity index (χ2v) is 6.04. The average Bonchev–Trinajstić information content (AvgIpc) is 2.51. The predicted octanol–water partition coefficient (Wildman–Crippen LogP) is 0.184. The summed E-state index contributed by atoms with van der Waals surface area (Å²) in [5.74, 6) is -2.27. The maximum Gasteiger partial charge on any atom is 0.280 e. The van der Waals surface area contributed by atoms with E-state index >= 15 is 0 Å². The van der Waals surface area contributed by atoms with E-state index in [9.17, 15) is 19.2 Å². The van der Waals surface area contributed by atoms with Crippen LogP contribution in [0.25, 0.3) is 0 Å². The highest BCUT2D eigenvalue weighted by molar-refractivity contribution is 8.14. The first-order valence-corrected chi connectivity index (χ1v) is 8.03. The number of nitrogens with zero attached hydrogens (tertiary/aromatic N) is 1. The van der Waals surface area contributed by atoms with E-state index in [1.807, 2.05) is 19.1 Å². The van der Waals surface area contributed by atoms with Crippen molar-refractivity contribution in [1.29, 1.82) is 0 Å². The highest BCUT2D eigenvalue weighted by Gasteiger charge is 2.32. The van der Waals surface area contributed by atoms with Gasteiger partial charge in [0.25, 0.3) is 11.8 Å². The lowest BCUT2D eigenvalue weighted by Crippen LogP contribution is -2.54. The Bertz CT molecular complexity index is 715. The number of amides is 4. The van der Waals surface area contributed by atoms with E-state index in [4.69, 9.17) is 0 Å². The van der Waals surface area contributed by atoms with E-state index in [1.165, 1.54) is 6.92 Å². The van der Waals surface area contributed by atoms with Gasteiger partial charge in [-0.15, -0.1) is 0 Å². The summed E-state index contributed by atoms with van der Waals surface area (Å²) >= 11 is 0.929. The summed E-state index contributed by atoms with van der Waals surface area (Å²) in [5, 5.41) is 7.32. The van der Waals surface area contributed by atoms with E-state index in [0.29, 0.717) is 5.69 Å². The van der Waals surface area contributed by atoms with Crippen molar-refractivity contribution in [2.24, 2.45) is 4.99 Å². The number of amidine groups is 1. The molecule has 8 nitrogen and oxygen atoms in total. The second-order valence-electron chi connectivity index (χ2n) is 5.08. The number of benzene rings is 1. The zero-order valence-corrected chi connectivity index (χ0v) is 13.9. The third-order valence-electron chi connectivity index (χ3n) is 2.97. The van der Waals surface area contributed by atoms with E-state index in [1.54, 1.807) is 12.1 Å². The van der Waals surface area contributed by atoms with Crippen LogP contribution in [0.5, 0.6) is 0 Å². The topological polar surface area (TPSA) is 117 Å². The van der Waals surface area contributed by atoms with Gasteiger partial charge in [-0.25, -0.2) is 0 Å². The van der Waals surface area contributed by atoms with E-state index in [2.05, 4.69) is 20.9 Å². The molecule has 4 amide bonds. The van der Waals surface area contributed by atoms with Crippen LogP contribution in [0.2, 0.25) is 0 Å². The predicted molar refractivity (Wildman–Crippen MR) is 90.5 cm³/mol. The fraction of sp³-hybridized carbons (Fsp3) is 0.267. The van der Waals surface area contributed by atoms with Crippen LogP contribution in [0, 0.1) is 6.92 Å². The van der Waals surface area contributed by atoms with Crippen LogP contribution in [-0.4, -0.2) is 40.6 Å². The van der Waals surface area contributed by atoms with Crippen LogP contribution in [0.3, 0.4) is 0 Å². The molecule has 1 heterocycles. The van der Waals surface area contributed by atoms with Crippen LogP contribution in [0.15, 0.2) is 29.3 Å². The van der Waals surface area contributed by atoms with Crippen LogP contribution >= 0.6 is 11.8 Å². The summed E-state index contributed by atoms with van der Waals surface area (Å²) in [7, 11) is 0. The van der Waals surface area contributed by atoms with Gasteiger partial charge in [0.2, 0.25) is 11.8 Å². The van der Waals surface area contributed by atoms with E-state index in [-0.39, 0.29) is 16.8 Å². The number of aliphatic imine (C=N–C) groups is 1. The number of anilines is 1. The molecule has 3 N–H and O–H groups in total. The maximum atomic E-state index is 11.9. The highest BCUT2D eigenvalue weighted by Crippen LogP contribution is 2.11. The minimum Gasteiger partial charge on any atom is -0.337 e. The summed E-state index contributed by atoms with van der Waals surface area (Å²) in [5.41, 5.74) is 1.73. The highest BCUT2D eigenvalue weighted by atomic mass is 32.2. The van der Waals surface area contributed by atoms with Crippen LogP contribution in [0.4, 0.5) is 5.69 Å². The SMILES string of the molecule is CC(=O)NC1C(=O)N=C(SCC(=O)Nc2ccc(C)cc2)NC1=O. The molecule has 0 saturated heterocycles. The van der Waals surface area contributed by atoms with Gasteiger partial charge in [-0.3, -0.25) is 19.2 Å². The van der Waals surface area contributed by atoms with Gasteiger partial charge in [-0.2, -0.15) is 4.99 Å². The Morgan fingerprint density at radius 3 is 2.50 bits per heavy atom. The van der Waals surface area contributed by atoms with Crippen molar-refractivity contribution >= 4 is 46.2 Å². The molecule has 1 unspecified atom stereocenters. The minimum atomic E-state index is -1.33. The van der Waals surface area contributed by atoms with Crippen LogP contribution in [-0.2, 0) is 19.2 Å². The molecule has 1 atom stereocenters. The zero-order chi connectivity index (χ0) is 17.7. The molecular weight excluding hydrogens is 332 g/mol. The Labute approximate surface area is 142 Å². The summed E-state index contributed by atoms with van der Waals surface area (Å²) in [6.07, 6.45) is 0. The van der Waals surface area contributed by atoms with Crippen molar-refractivity contribution < 1.29 is 19.2 Å². The Balaban J connectivity index is 1.88. The number of rotatable bonds is 4. The largest absolute Gasteiger partial charge is 0.337 e. The van der Waals surface area contributed by atoms with Crippen molar-refractivity contribution in [3.8, 4) is 0 Å². The smallest absolute Gasteiger partial charge is 0.280 e. The molecule has 0 aromatic heterocycles. The van der Waals surface area contributed by atoms with Gasteiger partial charge >= 0.3 is 0 Å². The lowest BCUT2D eigenvalue weighted by Gasteiger charge is -2.19. The first-order valence-electron chi connectivity index (χ1n) is 7.05. The van der Waals surface area contributed by atoms with Crippen LogP contribution < -0.4 is 16.0 Å². The third kappa shape index (κ3) is 4.92. The van der Waals surface area contributed by atoms with Gasteiger partial charge in [-0.05, 0) is 19.1 Å². The van der Waals surface area contributed by atoms with Crippen molar-refractivity contribution in [1.82, 2.24) is 10.6 Å². The normalized spacial score (nSPS) is 16.9. The molecular formula is C15H16N4O4S. The third-order valence-corrected chi connectivity index (χ3v) is 3.85. The van der Waals surface area contributed by atoms with Crippen LogP contribution in [0.1, 0.15) is 12.5 Å². The number of hydrogen-bond acceptors (Lipinski definition) is 5. The van der Waals surface area contributed by atoms with Crippen molar-refractivity contribution in [2.45, 2.75) is 19.9 Å². The zero-order valence-electron chi connectivity index (χ0n) is 13.1. The molecule has 1 aliphatic rings. The second kappa shape index (κ2) is 7.73. The van der Waals surface area contributed by atoms with E-state index in [0.717, 1.165) is 17.3 Å². The Kier molecular flexibility index (Phi) is 5.69. The molecule has 126 valence electrons. The van der Waals surface area contributed by atoms with Gasteiger partial charge in [0, 0.05) is 12.6 Å². The number of carbonyl (C=O) groups excluding carboxylic acids is 4. The fourth-order valence-electron chi connectivity index (χ4n) is 1.85. The Morgan fingerprint density at radius 1 is 1.25 bits per heavy atom. The Hall–Kier alpha value is -2.68. The molecule has 1 aromatic carbocycles. The Morgan fingerprint density at radius 2 is 1.92 bits per heavy atom. The summed E-state index contributed by atoms with van der Waals surface area (Å²) in [4.78, 5) is 50.0. The van der Waals surface area contributed by atoms with Crippen molar-refractivity contribution in [3.63, 3.8) is 0 Å². The number of aryl methyl sites for hydroxylation is 1. The molecule has 0 saturated carbocycles. The molecule has 2 rings (SSSR count). The molecule has 24 heavy (non-hydrogen) atoms. The molecule has 0 fully saturated rings. The van der Waals surface area contributed by atoms with Gasteiger partial charge in [0.05, 0.1) is 5.75 Å². The first-order chi connectivity index (χ1) is 11.3. The number of nitrogens with one attached hydrogen (secondary N) is 3. The number of thioether (sulfide) groups is 1. The summed E-state index contributed by atoms with van der Waals surface area (Å²) < 4.78 is 0. The van der Waals surface area contributed by atoms with Gasteiger partial charge in [0.1, 0.15) is 0 Å². The standard InChI is InChI=1S/C15H16N4O4S/c1-8-3-5-10(6-4-8)17-11(21)7-24-15-18-13(22)12(14(23)19-15)16-9(2)20/h3-6,12H,7H2,1-2H3,(H,16,20)(H,17,21)(H,18,19,22,23). The monoisotopic (exact) mass is 348 g/mol. The molecule has 0 spiro atoms. The van der Waals surface area contributed by atoms with Gasteiger partial charge in [-0.1, -0.05) is 29.5 Å². The molecule has 0 radical (unpaired) electrons. The molecule has 0 aliphatic carbocycles. The lowest BCUT2D eigenvalue weighted by molar-refractivity contribution is -0.134. The molecule has 0 bridgehead atoms. The first kappa shape index (κ1) is 17.7. The van der Waals surface area contributed by atoms with Gasteiger partial charge < -0.3 is 16.0 Å². The fourth-order valence-corrected chi connectivity index (χ4v) is 2.52. The molecule has 1 aromatic rings. The lowest BCUT2D eigenvalue weighted by atomic mass is 10.2. The van der Waals surface area contributed by atoms with Gasteiger partial charge in [0.15, 0.2) is 11.2 Å². The number of hydrogen-bond donors (Lipinski definition) is 3.